The predicted molar refractivity (Wildman–Crippen MR) is 116 cm³/mol. The van der Waals surface area contributed by atoms with Crippen LogP contribution in [0, 0.1) is 0 Å². The first kappa shape index (κ1) is 19.0. The fraction of sp³-hybridized carbons (Fsp3) is 0.150. The quantitative estimate of drug-likeness (QED) is 0.478. The zero-order valence-corrected chi connectivity index (χ0v) is 17.2. The summed E-state index contributed by atoms with van der Waals surface area (Å²) in [6.07, 6.45) is 2.35. The Morgan fingerprint density at radius 2 is 1.97 bits per heavy atom. The lowest BCUT2D eigenvalue weighted by molar-refractivity contribution is 0.704. The molecule has 0 bridgehead atoms. The molecule has 0 atom stereocenters. The van der Waals surface area contributed by atoms with Gasteiger partial charge >= 0.3 is 0 Å². The van der Waals surface area contributed by atoms with Crippen LogP contribution in [0.3, 0.4) is 0 Å². The van der Waals surface area contributed by atoms with Gasteiger partial charge in [-0.2, -0.15) is 15.0 Å². The SMILES string of the molecule is CCc1ccccc1Nc1nc(N)nc(Cn2cnc3ccc(Br)cc3c2=O)n1. The van der Waals surface area contributed by atoms with E-state index in [1.165, 1.54) is 10.9 Å². The van der Waals surface area contributed by atoms with Crippen LogP contribution in [0.4, 0.5) is 17.6 Å². The summed E-state index contributed by atoms with van der Waals surface area (Å²) in [6, 6.07) is 13.3. The molecule has 2 heterocycles. The van der Waals surface area contributed by atoms with Crippen LogP contribution >= 0.6 is 15.9 Å². The van der Waals surface area contributed by atoms with Crippen molar-refractivity contribution < 1.29 is 0 Å². The average Bonchev–Trinajstić information content (AvgIpc) is 2.70. The molecule has 146 valence electrons. The standard InChI is InChI=1S/C20H18BrN7O/c1-2-12-5-3-4-6-15(12)24-20-26-17(25-19(22)27-20)10-28-11-23-16-8-7-13(21)9-14(16)18(28)29/h3-9,11H,2,10H2,1H3,(H3,22,24,25,26,27). The lowest BCUT2D eigenvalue weighted by atomic mass is 10.1. The molecule has 2 aromatic carbocycles. The van der Waals surface area contributed by atoms with E-state index in [-0.39, 0.29) is 18.1 Å². The number of aryl methyl sites for hydroxylation is 1. The highest BCUT2D eigenvalue weighted by Crippen LogP contribution is 2.19. The Morgan fingerprint density at radius 1 is 1.14 bits per heavy atom. The third-order valence-corrected chi connectivity index (χ3v) is 4.93. The first-order chi connectivity index (χ1) is 14.0. The Bertz CT molecular complexity index is 1260. The number of halogens is 1. The summed E-state index contributed by atoms with van der Waals surface area (Å²) in [5.74, 6) is 0.779. The lowest BCUT2D eigenvalue weighted by Crippen LogP contribution is -2.22. The van der Waals surface area contributed by atoms with Gasteiger partial charge in [0.2, 0.25) is 11.9 Å². The molecule has 0 fully saturated rings. The molecule has 0 aliphatic heterocycles. The van der Waals surface area contributed by atoms with Gasteiger partial charge in [0.1, 0.15) is 0 Å². The Labute approximate surface area is 175 Å². The number of anilines is 3. The van der Waals surface area contributed by atoms with Gasteiger partial charge in [-0.3, -0.25) is 9.36 Å². The van der Waals surface area contributed by atoms with E-state index in [4.69, 9.17) is 5.73 Å². The van der Waals surface area contributed by atoms with Gasteiger partial charge in [-0.15, -0.1) is 0 Å². The van der Waals surface area contributed by atoms with E-state index in [1.807, 2.05) is 30.3 Å². The summed E-state index contributed by atoms with van der Waals surface area (Å²) in [6.45, 7) is 2.20. The van der Waals surface area contributed by atoms with Crippen LogP contribution in [0.1, 0.15) is 18.3 Å². The molecule has 9 heteroatoms. The first-order valence-corrected chi connectivity index (χ1v) is 9.83. The fourth-order valence-electron chi connectivity index (χ4n) is 3.03. The zero-order chi connectivity index (χ0) is 20.4. The maximum atomic E-state index is 12.8. The third kappa shape index (κ3) is 4.09. The summed E-state index contributed by atoms with van der Waals surface area (Å²) >= 11 is 3.39. The molecule has 4 aromatic rings. The monoisotopic (exact) mass is 451 g/mol. The molecular formula is C20H18BrN7O. The summed E-state index contributed by atoms with van der Waals surface area (Å²) in [5, 5.41) is 3.70. The van der Waals surface area contributed by atoms with E-state index in [0.717, 1.165) is 22.1 Å². The fourth-order valence-corrected chi connectivity index (χ4v) is 3.39. The second-order valence-corrected chi connectivity index (χ2v) is 7.32. The first-order valence-electron chi connectivity index (χ1n) is 9.03. The number of nitrogens with zero attached hydrogens (tertiary/aromatic N) is 5. The number of nitrogens with one attached hydrogen (secondary N) is 1. The molecule has 0 aliphatic rings. The molecule has 0 saturated heterocycles. The van der Waals surface area contributed by atoms with Gasteiger partial charge in [0.15, 0.2) is 5.82 Å². The minimum Gasteiger partial charge on any atom is -0.368 e. The van der Waals surface area contributed by atoms with Crippen LogP contribution in [-0.4, -0.2) is 24.5 Å². The van der Waals surface area contributed by atoms with Crippen molar-refractivity contribution in [1.29, 1.82) is 0 Å². The Balaban J connectivity index is 1.67. The van der Waals surface area contributed by atoms with Crippen LogP contribution in [0.15, 0.2) is 58.1 Å². The van der Waals surface area contributed by atoms with Crippen molar-refractivity contribution in [3.8, 4) is 0 Å². The number of hydrogen-bond acceptors (Lipinski definition) is 7. The van der Waals surface area contributed by atoms with Crippen molar-refractivity contribution in [2.75, 3.05) is 11.1 Å². The number of para-hydroxylation sites is 1. The number of nitrogens with two attached hydrogens (primary N) is 1. The molecule has 0 spiro atoms. The van der Waals surface area contributed by atoms with Gasteiger partial charge in [0.05, 0.1) is 23.8 Å². The number of benzene rings is 2. The van der Waals surface area contributed by atoms with Crippen molar-refractivity contribution in [2.24, 2.45) is 0 Å². The van der Waals surface area contributed by atoms with Gasteiger partial charge in [-0.05, 0) is 36.2 Å². The molecule has 0 aliphatic carbocycles. The van der Waals surface area contributed by atoms with E-state index in [2.05, 4.69) is 48.1 Å². The van der Waals surface area contributed by atoms with Gasteiger partial charge in [-0.25, -0.2) is 4.98 Å². The van der Waals surface area contributed by atoms with Gasteiger partial charge < -0.3 is 11.1 Å². The van der Waals surface area contributed by atoms with Crippen molar-refractivity contribution in [1.82, 2.24) is 24.5 Å². The number of nitrogen functional groups attached to an aromatic ring is 1. The highest BCUT2D eigenvalue weighted by molar-refractivity contribution is 9.10. The van der Waals surface area contributed by atoms with E-state index in [0.29, 0.717) is 22.7 Å². The summed E-state index contributed by atoms with van der Waals surface area (Å²) in [5.41, 5.74) is 8.36. The Kier molecular flexibility index (Phi) is 5.22. The molecule has 0 unspecified atom stereocenters. The number of fused-ring (bicyclic) bond motifs is 1. The second kappa shape index (κ2) is 7.96. The molecule has 2 aromatic heterocycles. The highest BCUT2D eigenvalue weighted by Gasteiger charge is 2.10. The van der Waals surface area contributed by atoms with Crippen LogP contribution in [0.5, 0.6) is 0 Å². The summed E-state index contributed by atoms with van der Waals surface area (Å²) in [7, 11) is 0. The highest BCUT2D eigenvalue weighted by atomic mass is 79.9. The molecule has 8 nitrogen and oxygen atoms in total. The van der Waals surface area contributed by atoms with E-state index in [9.17, 15) is 4.79 Å². The molecule has 0 saturated carbocycles. The molecule has 3 N–H and O–H groups in total. The summed E-state index contributed by atoms with van der Waals surface area (Å²) in [4.78, 5) is 29.9. The predicted octanol–water partition coefficient (Wildman–Crippen LogP) is 3.28. The summed E-state index contributed by atoms with van der Waals surface area (Å²) < 4.78 is 2.26. The largest absolute Gasteiger partial charge is 0.368 e. The van der Waals surface area contributed by atoms with Crippen LogP contribution in [-0.2, 0) is 13.0 Å². The molecule has 0 amide bonds. The number of aromatic nitrogens is 5. The smallest absolute Gasteiger partial charge is 0.261 e. The Morgan fingerprint density at radius 3 is 2.79 bits per heavy atom. The molecule has 29 heavy (non-hydrogen) atoms. The van der Waals surface area contributed by atoms with Crippen molar-refractivity contribution in [3.63, 3.8) is 0 Å². The zero-order valence-electron chi connectivity index (χ0n) is 15.6. The maximum absolute atomic E-state index is 12.8. The average molecular weight is 452 g/mol. The van der Waals surface area contributed by atoms with E-state index >= 15 is 0 Å². The Hall–Kier alpha value is -3.33. The maximum Gasteiger partial charge on any atom is 0.261 e. The molecule has 0 radical (unpaired) electrons. The minimum absolute atomic E-state index is 0.0796. The second-order valence-electron chi connectivity index (χ2n) is 6.41. The normalized spacial score (nSPS) is 11.0. The van der Waals surface area contributed by atoms with Crippen molar-refractivity contribution in [2.45, 2.75) is 19.9 Å². The van der Waals surface area contributed by atoms with E-state index < -0.39 is 0 Å². The minimum atomic E-state index is -0.180. The van der Waals surface area contributed by atoms with Gasteiger partial charge in [0.25, 0.3) is 5.56 Å². The molecule has 4 rings (SSSR count). The van der Waals surface area contributed by atoms with Crippen LogP contribution < -0.4 is 16.6 Å². The van der Waals surface area contributed by atoms with Crippen LogP contribution in [0.2, 0.25) is 0 Å². The number of rotatable bonds is 5. The van der Waals surface area contributed by atoms with Gasteiger partial charge in [0, 0.05) is 10.2 Å². The van der Waals surface area contributed by atoms with E-state index in [1.54, 1.807) is 12.1 Å². The molecular weight excluding hydrogens is 434 g/mol. The number of hydrogen-bond donors (Lipinski definition) is 2. The third-order valence-electron chi connectivity index (χ3n) is 4.44. The topological polar surface area (TPSA) is 112 Å². The van der Waals surface area contributed by atoms with Gasteiger partial charge in [-0.1, -0.05) is 41.1 Å². The lowest BCUT2D eigenvalue weighted by Gasteiger charge is -2.11. The van der Waals surface area contributed by atoms with Crippen molar-refractivity contribution >= 4 is 44.4 Å². The van der Waals surface area contributed by atoms with Crippen LogP contribution in [0.25, 0.3) is 10.9 Å². The van der Waals surface area contributed by atoms with Crippen molar-refractivity contribution in [3.05, 3.63) is 75.0 Å².